The largest absolute Gasteiger partial charge is 1.00 e. The zero-order chi connectivity index (χ0) is 30.0. The molecule has 0 aliphatic rings. The highest BCUT2D eigenvalue weighted by molar-refractivity contribution is 4.51. The Labute approximate surface area is 277 Å². The maximum Gasteiger partial charge on any atom is 0.132 e. The first kappa shape index (κ1) is 44.5. The summed E-state index contributed by atoms with van der Waals surface area (Å²) >= 11 is 0. The Balaban J connectivity index is 0. The summed E-state index contributed by atoms with van der Waals surface area (Å²) < 4.78 is 0. The Kier molecular flexibility index (Phi) is 39.8. The van der Waals surface area contributed by atoms with E-state index in [0.29, 0.717) is 0 Å². The van der Waals surface area contributed by atoms with Gasteiger partial charge in [-0.15, -0.1) is 0 Å². The molecule has 4 heteroatoms. The SMILES string of the molecule is CCCCCCCCCCCCCCCCCCO[N+](C)(C)OCCCCCCCCCCCCCCCCCC.[Br-]. The summed E-state index contributed by atoms with van der Waals surface area (Å²) in [7, 11) is 4.05. The molecule has 3 nitrogen and oxygen atoms in total. The van der Waals surface area contributed by atoms with Gasteiger partial charge in [0.05, 0.1) is 0 Å². The number of hydrogen-bond donors (Lipinski definition) is 0. The Morgan fingerprint density at radius 1 is 0.286 bits per heavy atom. The maximum atomic E-state index is 5.99. The van der Waals surface area contributed by atoms with E-state index >= 15 is 0 Å². The first-order valence-electron chi connectivity index (χ1n) is 19.3. The summed E-state index contributed by atoms with van der Waals surface area (Å²) in [5.41, 5.74) is 0. The van der Waals surface area contributed by atoms with Gasteiger partial charge in [0, 0.05) is 0 Å². The highest BCUT2D eigenvalue weighted by Gasteiger charge is 2.17. The fraction of sp³-hybridized carbons (Fsp3) is 1.00. The van der Waals surface area contributed by atoms with Crippen LogP contribution >= 0.6 is 0 Å². The monoisotopic (exact) mass is 662 g/mol. The van der Waals surface area contributed by atoms with Gasteiger partial charge in [-0.2, -0.15) is 9.68 Å². The molecule has 0 aliphatic heterocycles. The molecule has 0 heterocycles. The van der Waals surface area contributed by atoms with E-state index in [9.17, 15) is 0 Å². The van der Waals surface area contributed by atoms with E-state index in [2.05, 4.69) is 13.8 Å². The normalized spacial score (nSPS) is 11.7. The molecular formula is C38H80BrNO2. The zero-order valence-corrected chi connectivity index (χ0v) is 31.3. The van der Waals surface area contributed by atoms with Gasteiger partial charge in [0.15, 0.2) is 0 Å². The lowest BCUT2D eigenvalue weighted by Gasteiger charge is -2.24. The van der Waals surface area contributed by atoms with E-state index in [1.165, 1.54) is 193 Å². The number of quaternary nitrogens is 1. The molecular weight excluding hydrogens is 582 g/mol. The number of unbranched alkanes of at least 4 members (excludes halogenated alkanes) is 30. The van der Waals surface area contributed by atoms with E-state index in [0.717, 1.165) is 26.1 Å². The molecule has 0 bridgehead atoms. The van der Waals surface area contributed by atoms with Crippen LogP contribution in [0.2, 0.25) is 0 Å². The number of hydrogen-bond acceptors (Lipinski definition) is 2. The van der Waals surface area contributed by atoms with Gasteiger partial charge < -0.3 is 17.0 Å². The summed E-state index contributed by atoms with van der Waals surface area (Å²) in [6, 6.07) is 0. The third kappa shape index (κ3) is 38.4. The lowest BCUT2D eigenvalue weighted by molar-refractivity contribution is -1.22. The molecule has 0 radical (unpaired) electrons. The van der Waals surface area contributed by atoms with Gasteiger partial charge in [0.1, 0.15) is 27.3 Å². The second-order valence-electron chi connectivity index (χ2n) is 13.5. The van der Waals surface area contributed by atoms with Crippen LogP contribution in [0.1, 0.15) is 219 Å². The van der Waals surface area contributed by atoms with Crippen LogP contribution in [-0.2, 0) is 9.68 Å². The van der Waals surface area contributed by atoms with Gasteiger partial charge in [-0.3, -0.25) is 0 Å². The summed E-state index contributed by atoms with van der Waals surface area (Å²) in [5.74, 6) is 0. The van der Waals surface area contributed by atoms with Crippen LogP contribution in [0.25, 0.3) is 0 Å². The van der Waals surface area contributed by atoms with Crippen LogP contribution in [-0.4, -0.2) is 32.1 Å². The highest BCUT2D eigenvalue weighted by Crippen LogP contribution is 2.16. The molecule has 42 heavy (non-hydrogen) atoms. The second-order valence-corrected chi connectivity index (χ2v) is 13.5. The van der Waals surface area contributed by atoms with Crippen molar-refractivity contribution in [3.8, 4) is 0 Å². The minimum absolute atomic E-state index is 0. The molecule has 0 aromatic heterocycles. The molecule has 0 amide bonds. The van der Waals surface area contributed by atoms with E-state index in [1.54, 1.807) is 0 Å². The second kappa shape index (κ2) is 37.5. The van der Waals surface area contributed by atoms with Crippen LogP contribution in [0, 0.1) is 0 Å². The Morgan fingerprint density at radius 2 is 0.452 bits per heavy atom. The number of rotatable bonds is 36. The zero-order valence-electron chi connectivity index (χ0n) is 29.7. The summed E-state index contributed by atoms with van der Waals surface area (Å²) in [6.45, 7) is 6.22. The minimum atomic E-state index is 0. The van der Waals surface area contributed by atoms with Crippen molar-refractivity contribution in [1.29, 1.82) is 0 Å². The predicted molar refractivity (Wildman–Crippen MR) is 183 cm³/mol. The molecule has 0 fully saturated rings. The minimum Gasteiger partial charge on any atom is -1.00 e. The molecule has 0 rings (SSSR count). The van der Waals surface area contributed by atoms with Crippen LogP contribution < -0.4 is 17.0 Å². The lowest BCUT2D eigenvalue weighted by atomic mass is 10.0. The molecule has 0 aliphatic carbocycles. The summed E-state index contributed by atoms with van der Waals surface area (Å²) in [4.78, 5) is 12.2. The number of nitrogens with zero attached hydrogens (tertiary/aromatic N) is 1. The average molecular weight is 663 g/mol. The smallest absolute Gasteiger partial charge is 0.132 e. The molecule has 0 aromatic rings. The molecule has 0 saturated carbocycles. The highest BCUT2D eigenvalue weighted by atomic mass is 79.9. The van der Waals surface area contributed by atoms with Crippen molar-refractivity contribution >= 4 is 0 Å². The van der Waals surface area contributed by atoms with Crippen LogP contribution in [0.3, 0.4) is 0 Å². The van der Waals surface area contributed by atoms with E-state index in [4.69, 9.17) is 9.68 Å². The van der Waals surface area contributed by atoms with Crippen molar-refractivity contribution in [2.24, 2.45) is 0 Å². The molecule has 0 aromatic carbocycles. The van der Waals surface area contributed by atoms with Crippen LogP contribution in [0.5, 0.6) is 0 Å². The van der Waals surface area contributed by atoms with Crippen molar-refractivity contribution < 1.29 is 31.5 Å². The van der Waals surface area contributed by atoms with E-state index in [1.807, 2.05) is 14.1 Å². The van der Waals surface area contributed by atoms with E-state index < -0.39 is 0 Å². The van der Waals surface area contributed by atoms with Crippen LogP contribution in [0.15, 0.2) is 0 Å². The quantitative estimate of drug-likeness (QED) is 0.0378. The summed E-state index contributed by atoms with van der Waals surface area (Å²) in [5, 5.41) is 0. The first-order valence-corrected chi connectivity index (χ1v) is 19.3. The first-order chi connectivity index (χ1) is 20.1. The van der Waals surface area contributed by atoms with Gasteiger partial charge >= 0.3 is 0 Å². The fourth-order valence-corrected chi connectivity index (χ4v) is 5.91. The third-order valence-electron chi connectivity index (χ3n) is 8.80. The van der Waals surface area contributed by atoms with Gasteiger partial charge in [0.25, 0.3) is 0 Å². The van der Waals surface area contributed by atoms with Crippen molar-refractivity contribution in [2.45, 2.75) is 219 Å². The van der Waals surface area contributed by atoms with Crippen molar-refractivity contribution in [2.75, 3.05) is 27.3 Å². The third-order valence-corrected chi connectivity index (χ3v) is 8.80. The van der Waals surface area contributed by atoms with Crippen molar-refractivity contribution in [3.63, 3.8) is 0 Å². The molecule has 0 atom stereocenters. The Bertz CT molecular complexity index is 434. The van der Waals surface area contributed by atoms with Crippen molar-refractivity contribution in [1.82, 2.24) is 0 Å². The predicted octanol–water partition coefficient (Wildman–Crippen LogP) is 10.5. The summed E-state index contributed by atoms with van der Waals surface area (Å²) in [6.07, 6.45) is 45.0. The number of halogens is 1. The standard InChI is InChI=1S/C38H80NO2.BrH/c1-5-7-9-11-13-15-17-19-21-23-25-27-29-31-33-35-37-40-39(3,4)41-38-36-34-32-30-28-26-24-22-20-18-16-14-12-10-8-6-2;/h5-38H2,1-4H3;1H/q+1;/p-1. The van der Waals surface area contributed by atoms with Crippen LogP contribution in [0.4, 0.5) is 0 Å². The van der Waals surface area contributed by atoms with Gasteiger partial charge in [0.2, 0.25) is 0 Å². The van der Waals surface area contributed by atoms with Gasteiger partial charge in [-0.25, -0.2) is 0 Å². The van der Waals surface area contributed by atoms with Crippen molar-refractivity contribution in [3.05, 3.63) is 0 Å². The van der Waals surface area contributed by atoms with Gasteiger partial charge in [-0.1, -0.05) is 206 Å². The Morgan fingerprint density at radius 3 is 0.643 bits per heavy atom. The topological polar surface area (TPSA) is 18.5 Å². The van der Waals surface area contributed by atoms with Gasteiger partial charge in [-0.05, 0) is 17.7 Å². The maximum absolute atomic E-state index is 5.99. The molecule has 0 N–H and O–H groups in total. The molecule has 0 unspecified atom stereocenters. The molecule has 0 saturated heterocycles. The molecule has 256 valence electrons. The number of hydroxylamine groups is 4. The van der Waals surface area contributed by atoms with E-state index in [-0.39, 0.29) is 21.8 Å². The lowest BCUT2D eigenvalue weighted by Crippen LogP contribution is -3.00. The average Bonchev–Trinajstić information content (AvgIpc) is 2.96. The fourth-order valence-electron chi connectivity index (χ4n) is 5.91. The molecule has 0 spiro atoms. The Hall–Kier alpha value is 0.360.